The fraction of sp³-hybridized carbons (Fsp3) is 0.636. The van der Waals surface area contributed by atoms with Crippen molar-refractivity contribution in [2.24, 2.45) is 5.92 Å². The van der Waals surface area contributed by atoms with Crippen molar-refractivity contribution in [3.63, 3.8) is 0 Å². The number of thiophene rings is 1. The van der Waals surface area contributed by atoms with Crippen LogP contribution in [-0.4, -0.2) is 20.3 Å². The van der Waals surface area contributed by atoms with Gasteiger partial charge in [-0.25, -0.2) is 0 Å². The van der Waals surface area contributed by atoms with Crippen molar-refractivity contribution in [2.75, 3.05) is 20.3 Å². The molecule has 1 aromatic rings. The highest BCUT2D eigenvalue weighted by Crippen LogP contribution is 2.27. The molecule has 2 atom stereocenters. The van der Waals surface area contributed by atoms with Gasteiger partial charge in [0.1, 0.15) is 0 Å². The van der Waals surface area contributed by atoms with Gasteiger partial charge in [0.05, 0.1) is 0 Å². The molecule has 0 bridgehead atoms. The number of rotatable bonds is 4. The summed E-state index contributed by atoms with van der Waals surface area (Å²) in [5, 5.41) is 7.76. The van der Waals surface area contributed by atoms with Gasteiger partial charge in [-0.15, -0.1) is 0 Å². The molecule has 1 saturated heterocycles. The fourth-order valence-electron chi connectivity index (χ4n) is 2.00. The van der Waals surface area contributed by atoms with Crippen molar-refractivity contribution in [3.05, 3.63) is 22.4 Å². The van der Waals surface area contributed by atoms with Crippen molar-refractivity contribution in [1.82, 2.24) is 5.32 Å². The zero-order chi connectivity index (χ0) is 9.80. The van der Waals surface area contributed by atoms with Gasteiger partial charge in [-0.2, -0.15) is 11.3 Å². The Balaban J connectivity index is 1.93. The predicted octanol–water partition coefficient (Wildman–Crippen LogP) is 2.44. The highest BCUT2D eigenvalue weighted by Gasteiger charge is 2.20. The summed E-state index contributed by atoms with van der Waals surface area (Å²) in [7, 11) is 2.04. The summed E-state index contributed by atoms with van der Waals surface area (Å²) in [5.41, 5.74) is 1.42. The van der Waals surface area contributed by atoms with Crippen LogP contribution in [0.5, 0.6) is 0 Å². The summed E-state index contributed by atoms with van der Waals surface area (Å²) in [6, 6.07) is 2.72. The van der Waals surface area contributed by atoms with Gasteiger partial charge < -0.3 is 10.1 Å². The van der Waals surface area contributed by atoms with Crippen LogP contribution in [0.4, 0.5) is 0 Å². The van der Waals surface area contributed by atoms with E-state index >= 15 is 0 Å². The Labute approximate surface area is 89.3 Å². The third-order valence-electron chi connectivity index (χ3n) is 2.89. The summed E-state index contributed by atoms with van der Waals surface area (Å²) in [4.78, 5) is 0. The molecule has 2 rings (SSSR count). The molecule has 2 nitrogen and oxygen atoms in total. The largest absolute Gasteiger partial charge is 0.381 e. The number of ether oxygens (including phenoxy) is 1. The van der Waals surface area contributed by atoms with E-state index < -0.39 is 0 Å². The van der Waals surface area contributed by atoms with Crippen LogP contribution < -0.4 is 5.32 Å². The molecule has 2 heterocycles. The second-order valence-corrected chi connectivity index (χ2v) is 4.64. The Morgan fingerprint density at radius 2 is 2.64 bits per heavy atom. The summed E-state index contributed by atoms with van der Waals surface area (Å²) in [5.74, 6) is 0.743. The van der Waals surface area contributed by atoms with Gasteiger partial charge in [0, 0.05) is 19.3 Å². The molecule has 1 fully saturated rings. The maximum Gasteiger partial charge on any atom is 0.0495 e. The van der Waals surface area contributed by atoms with Gasteiger partial charge in [-0.05, 0) is 48.2 Å². The van der Waals surface area contributed by atoms with Crippen molar-refractivity contribution in [2.45, 2.75) is 18.9 Å². The van der Waals surface area contributed by atoms with Crippen LogP contribution in [0, 0.1) is 5.92 Å². The predicted molar refractivity (Wildman–Crippen MR) is 59.7 cm³/mol. The topological polar surface area (TPSA) is 21.3 Å². The van der Waals surface area contributed by atoms with E-state index in [0.717, 1.165) is 19.1 Å². The summed E-state index contributed by atoms with van der Waals surface area (Å²) in [6.07, 6.45) is 2.43. The summed E-state index contributed by atoms with van der Waals surface area (Å²) >= 11 is 1.77. The second-order valence-electron chi connectivity index (χ2n) is 3.86. The average Bonchev–Trinajstić information content (AvgIpc) is 2.86. The van der Waals surface area contributed by atoms with Crippen LogP contribution >= 0.6 is 11.3 Å². The minimum Gasteiger partial charge on any atom is -0.381 e. The molecule has 14 heavy (non-hydrogen) atoms. The van der Waals surface area contributed by atoms with Crippen LogP contribution in [0.1, 0.15) is 24.4 Å². The molecule has 0 spiro atoms. The minimum atomic E-state index is 0.507. The SMILES string of the molecule is CNC(CC1CCOC1)c1ccsc1. The Hall–Kier alpha value is -0.380. The molecule has 0 amide bonds. The standard InChI is InChI=1S/C11H17NOS/c1-12-11(10-3-5-14-8-10)6-9-2-4-13-7-9/h3,5,8-9,11-12H,2,4,6-7H2,1H3. The quantitative estimate of drug-likeness (QED) is 0.826. The molecule has 3 heteroatoms. The monoisotopic (exact) mass is 211 g/mol. The molecule has 1 N–H and O–H groups in total. The molecular formula is C11H17NOS. The highest BCUT2D eigenvalue weighted by atomic mass is 32.1. The van der Waals surface area contributed by atoms with Gasteiger partial charge in [0.2, 0.25) is 0 Å². The third kappa shape index (κ3) is 2.35. The van der Waals surface area contributed by atoms with Crippen LogP contribution in [0.15, 0.2) is 16.8 Å². The molecule has 0 aliphatic carbocycles. The van der Waals surface area contributed by atoms with E-state index in [4.69, 9.17) is 4.74 Å². The van der Waals surface area contributed by atoms with E-state index in [9.17, 15) is 0 Å². The molecule has 2 unspecified atom stereocenters. The maximum atomic E-state index is 5.39. The normalized spacial score (nSPS) is 23.9. The van der Waals surface area contributed by atoms with Crippen molar-refractivity contribution in [1.29, 1.82) is 0 Å². The van der Waals surface area contributed by atoms with Crippen molar-refractivity contribution < 1.29 is 4.74 Å². The van der Waals surface area contributed by atoms with E-state index in [1.807, 2.05) is 7.05 Å². The summed E-state index contributed by atoms with van der Waals surface area (Å²) in [6.45, 7) is 1.90. The number of hydrogen-bond donors (Lipinski definition) is 1. The van der Waals surface area contributed by atoms with Gasteiger partial charge >= 0.3 is 0 Å². The van der Waals surface area contributed by atoms with E-state index in [-0.39, 0.29) is 0 Å². The molecule has 0 aromatic carbocycles. The van der Waals surface area contributed by atoms with Crippen LogP contribution in [-0.2, 0) is 4.74 Å². The first-order valence-corrected chi connectivity index (χ1v) is 6.11. The molecule has 1 aromatic heterocycles. The summed E-state index contributed by atoms with van der Waals surface area (Å²) < 4.78 is 5.39. The van der Waals surface area contributed by atoms with Gasteiger partial charge in [0.15, 0.2) is 0 Å². The minimum absolute atomic E-state index is 0.507. The first kappa shape index (κ1) is 10.1. The van der Waals surface area contributed by atoms with Crippen molar-refractivity contribution >= 4 is 11.3 Å². The lowest BCUT2D eigenvalue weighted by Crippen LogP contribution is -2.19. The van der Waals surface area contributed by atoms with Gasteiger partial charge in [-0.3, -0.25) is 0 Å². The van der Waals surface area contributed by atoms with Gasteiger partial charge in [0.25, 0.3) is 0 Å². The highest BCUT2D eigenvalue weighted by molar-refractivity contribution is 7.07. The van der Waals surface area contributed by atoms with Crippen molar-refractivity contribution in [3.8, 4) is 0 Å². The van der Waals surface area contributed by atoms with E-state index in [0.29, 0.717) is 6.04 Å². The molecule has 1 aliphatic heterocycles. The smallest absolute Gasteiger partial charge is 0.0495 e. The Kier molecular flexibility index (Phi) is 3.56. The molecule has 78 valence electrons. The third-order valence-corrected chi connectivity index (χ3v) is 3.59. The maximum absolute atomic E-state index is 5.39. The average molecular weight is 211 g/mol. The lowest BCUT2D eigenvalue weighted by atomic mass is 9.96. The van der Waals surface area contributed by atoms with Crippen LogP contribution in [0.2, 0.25) is 0 Å². The molecule has 0 saturated carbocycles. The lowest BCUT2D eigenvalue weighted by molar-refractivity contribution is 0.181. The van der Waals surface area contributed by atoms with Crippen LogP contribution in [0.3, 0.4) is 0 Å². The van der Waals surface area contributed by atoms with E-state index in [1.54, 1.807) is 11.3 Å². The second kappa shape index (κ2) is 4.91. The first-order valence-electron chi connectivity index (χ1n) is 5.17. The first-order chi connectivity index (χ1) is 6.90. The Morgan fingerprint density at radius 1 is 1.71 bits per heavy atom. The number of nitrogens with one attached hydrogen (secondary N) is 1. The van der Waals surface area contributed by atoms with Gasteiger partial charge in [-0.1, -0.05) is 0 Å². The molecule has 1 aliphatic rings. The molecular weight excluding hydrogens is 194 g/mol. The Morgan fingerprint density at radius 3 is 3.21 bits per heavy atom. The fourth-order valence-corrected chi connectivity index (χ4v) is 2.71. The zero-order valence-electron chi connectivity index (χ0n) is 8.53. The lowest BCUT2D eigenvalue weighted by Gasteiger charge is -2.18. The zero-order valence-corrected chi connectivity index (χ0v) is 9.35. The van der Waals surface area contributed by atoms with E-state index in [2.05, 4.69) is 22.1 Å². The van der Waals surface area contributed by atoms with Crippen LogP contribution in [0.25, 0.3) is 0 Å². The Bertz CT molecular complexity index is 254. The number of hydrogen-bond acceptors (Lipinski definition) is 3. The van der Waals surface area contributed by atoms with E-state index in [1.165, 1.54) is 18.4 Å². The molecule has 0 radical (unpaired) electrons.